The molecule has 0 unspecified atom stereocenters. The molecule has 0 radical (unpaired) electrons. The van der Waals surface area contributed by atoms with Gasteiger partial charge in [-0.3, -0.25) is 9.59 Å². The van der Waals surface area contributed by atoms with Crippen LogP contribution in [0.15, 0.2) is 24.3 Å². The fraction of sp³-hybridized carbons (Fsp3) is 0.429. The molecule has 108 valence electrons. The Hall–Kier alpha value is -2.08. The summed E-state index contributed by atoms with van der Waals surface area (Å²) in [6.07, 6.45) is 2.44. The standard InChI is InChI=1S/C14H20N4O2/c15-7-8-16-13(19)14(20)17-11-3-5-12(6-4-11)18-9-1-2-10-18/h3-6H,1-2,7-10,15H2,(H,16,19)(H,17,20). The fourth-order valence-electron chi connectivity index (χ4n) is 2.18. The van der Waals surface area contributed by atoms with Crippen molar-refractivity contribution in [2.45, 2.75) is 12.8 Å². The Morgan fingerprint density at radius 2 is 1.75 bits per heavy atom. The van der Waals surface area contributed by atoms with E-state index in [9.17, 15) is 9.59 Å². The number of carbonyl (C=O) groups is 2. The van der Waals surface area contributed by atoms with Crippen molar-refractivity contribution in [3.8, 4) is 0 Å². The summed E-state index contributed by atoms with van der Waals surface area (Å²) in [5, 5.41) is 4.98. The zero-order valence-electron chi connectivity index (χ0n) is 11.4. The summed E-state index contributed by atoms with van der Waals surface area (Å²) < 4.78 is 0. The van der Waals surface area contributed by atoms with Crippen molar-refractivity contribution in [3.63, 3.8) is 0 Å². The van der Waals surface area contributed by atoms with Crippen LogP contribution in [0.25, 0.3) is 0 Å². The van der Waals surface area contributed by atoms with Gasteiger partial charge in [-0.2, -0.15) is 0 Å². The minimum atomic E-state index is -0.674. The highest BCUT2D eigenvalue weighted by Gasteiger charge is 2.14. The van der Waals surface area contributed by atoms with E-state index >= 15 is 0 Å². The molecule has 6 heteroatoms. The molecular weight excluding hydrogens is 256 g/mol. The van der Waals surface area contributed by atoms with Gasteiger partial charge >= 0.3 is 11.8 Å². The van der Waals surface area contributed by atoms with Crippen LogP contribution in [0.3, 0.4) is 0 Å². The van der Waals surface area contributed by atoms with Gasteiger partial charge in [0.05, 0.1) is 0 Å². The third kappa shape index (κ3) is 3.71. The maximum Gasteiger partial charge on any atom is 0.313 e. The van der Waals surface area contributed by atoms with E-state index in [-0.39, 0.29) is 0 Å². The van der Waals surface area contributed by atoms with E-state index in [1.807, 2.05) is 24.3 Å². The number of nitrogens with one attached hydrogen (secondary N) is 2. The van der Waals surface area contributed by atoms with Crippen LogP contribution >= 0.6 is 0 Å². The molecule has 0 saturated carbocycles. The minimum Gasteiger partial charge on any atom is -0.372 e. The summed E-state index contributed by atoms with van der Waals surface area (Å²) in [4.78, 5) is 25.3. The third-order valence-electron chi connectivity index (χ3n) is 3.23. The molecular formula is C14H20N4O2. The lowest BCUT2D eigenvalue weighted by Crippen LogP contribution is -2.37. The van der Waals surface area contributed by atoms with Gasteiger partial charge in [0.25, 0.3) is 0 Å². The maximum absolute atomic E-state index is 11.6. The molecule has 0 aliphatic carbocycles. The Labute approximate surface area is 118 Å². The number of hydrogen-bond donors (Lipinski definition) is 3. The predicted octanol–water partition coefficient (Wildman–Crippen LogP) is 0.300. The summed E-state index contributed by atoms with van der Waals surface area (Å²) >= 11 is 0. The molecule has 1 aromatic rings. The van der Waals surface area contributed by atoms with Crippen LogP contribution in [0.5, 0.6) is 0 Å². The number of benzene rings is 1. The first kappa shape index (κ1) is 14.3. The average Bonchev–Trinajstić information content (AvgIpc) is 2.99. The van der Waals surface area contributed by atoms with E-state index in [4.69, 9.17) is 5.73 Å². The van der Waals surface area contributed by atoms with Gasteiger partial charge in [0.2, 0.25) is 0 Å². The molecule has 1 heterocycles. The Morgan fingerprint density at radius 1 is 1.10 bits per heavy atom. The first-order chi connectivity index (χ1) is 9.70. The van der Waals surface area contributed by atoms with Crippen molar-refractivity contribution in [3.05, 3.63) is 24.3 Å². The smallest absolute Gasteiger partial charge is 0.313 e. The number of rotatable bonds is 4. The zero-order chi connectivity index (χ0) is 14.4. The molecule has 1 aliphatic heterocycles. The van der Waals surface area contributed by atoms with Gasteiger partial charge in [0.15, 0.2) is 0 Å². The molecule has 2 rings (SSSR count). The normalized spacial score (nSPS) is 14.2. The molecule has 4 N–H and O–H groups in total. The van der Waals surface area contributed by atoms with Crippen molar-refractivity contribution < 1.29 is 9.59 Å². The lowest BCUT2D eigenvalue weighted by atomic mass is 10.2. The number of nitrogens with two attached hydrogens (primary N) is 1. The molecule has 6 nitrogen and oxygen atoms in total. The molecule has 0 aromatic heterocycles. The van der Waals surface area contributed by atoms with E-state index in [2.05, 4.69) is 15.5 Å². The van der Waals surface area contributed by atoms with E-state index < -0.39 is 11.8 Å². The van der Waals surface area contributed by atoms with Crippen molar-refractivity contribution in [2.75, 3.05) is 36.4 Å². The van der Waals surface area contributed by atoms with Gasteiger partial charge < -0.3 is 21.3 Å². The first-order valence-corrected chi connectivity index (χ1v) is 6.85. The molecule has 0 bridgehead atoms. The zero-order valence-corrected chi connectivity index (χ0v) is 11.4. The van der Waals surface area contributed by atoms with Gasteiger partial charge in [-0.1, -0.05) is 0 Å². The lowest BCUT2D eigenvalue weighted by Gasteiger charge is -2.17. The Kier molecular flexibility index (Phi) is 4.95. The van der Waals surface area contributed by atoms with Crippen molar-refractivity contribution >= 4 is 23.2 Å². The van der Waals surface area contributed by atoms with E-state index in [0.717, 1.165) is 18.8 Å². The number of amides is 2. The summed E-state index contributed by atoms with van der Waals surface area (Å²) in [7, 11) is 0. The second-order valence-corrected chi connectivity index (χ2v) is 4.74. The predicted molar refractivity (Wildman–Crippen MR) is 78.6 cm³/mol. The molecule has 1 aliphatic rings. The molecule has 20 heavy (non-hydrogen) atoms. The van der Waals surface area contributed by atoms with Gasteiger partial charge in [-0.05, 0) is 37.1 Å². The topological polar surface area (TPSA) is 87.5 Å². The first-order valence-electron chi connectivity index (χ1n) is 6.85. The monoisotopic (exact) mass is 276 g/mol. The summed E-state index contributed by atoms with van der Waals surface area (Å²) in [6.45, 7) is 2.75. The number of carbonyl (C=O) groups excluding carboxylic acids is 2. The van der Waals surface area contributed by atoms with E-state index in [1.165, 1.54) is 12.8 Å². The second-order valence-electron chi connectivity index (χ2n) is 4.74. The highest BCUT2D eigenvalue weighted by Crippen LogP contribution is 2.21. The fourth-order valence-corrected chi connectivity index (χ4v) is 2.18. The van der Waals surface area contributed by atoms with Gasteiger partial charge in [-0.25, -0.2) is 0 Å². The van der Waals surface area contributed by atoms with Crippen LogP contribution < -0.4 is 21.3 Å². The summed E-state index contributed by atoms with van der Waals surface area (Å²) in [5.74, 6) is -1.34. The Bertz CT molecular complexity index is 467. The highest BCUT2D eigenvalue weighted by atomic mass is 16.2. The average molecular weight is 276 g/mol. The molecule has 0 atom stereocenters. The maximum atomic E-state index is 11.6. The van der Waals surface area contributed by atoms with Crippen molar-refractivity contribution in [1.82, 2.24) is 5.32 Å². The van der Waals surface area contributed by atoms with Crippen LogP contribution in [0, 0.1) is 0 Å². The SMILES string of the molecule is NCCNC(=O)C(=O)Nc1ccc(N2CCCC2)cc1. The van der Waals surface area contributed by atoms with Crippen LogP contribution in [0.2, 0.25) is 0 Å². The van der Waals surface area contributed by atoms with Gasteiger partial charge in [0.1, 0.15) is 0 Å². The highest BCUT2D eigenvalue weighted by molar-refractivity contribution is 6.39. The number of nitrogens with zero attached hydrogens (tertiary/aromatic N) is 1. The molecule has 1 aromatic carbocycles. The second kappa shape index (κ2) is 6.91. The summed E-state index contributed by atoms with van der Waals surface area (Å²) in [6, 6.07) is 7.53. The van der Waals surface area contributed by atoms with Gasteiger partial charge in [0, 0.05) is 37.6 Å². The molecule has 1 fully saturated rings. The van der Waals surface area contributed by atoms with Crippen LogP contribution in [-0.4, -0.2) is 38.0 Å². The quantitative estimate of drug-likeness (QED) is 0.690. The molecule has 1 saturated heterocycles. The largest absolute Gasteiger partial charge is 0.372 e. The molecule has 2 amide bonds. The summed E-state index contributed by atoms with van der Waals surface area (Å²) in [5.41, 5.74) is 7.01. The van der Waals surface area contributed by atoms with Crippen LogP contribution in [-0.2, 0) is 9.59 Å². The van der Waals surface area contributed by atoms with Crippen molar-refractivity contribution in [2.24, 2.45) is 5.73 Å². The third-order valence-corrected chi connectivity index (χ3v) is 3.23. The van der Waals surface area contributed by atoms with Gasteiger partial charge in [-0.15, -0.1) is 0 Å². The lowest BCUT2D eigenvalue weighted by molar-refractivity contribution is -0.136. The van der Waals surface area contributed by atoms with E-state index in [1.54, 1.807) is 0 Å². The number of hydrogen-bond acceptors (Lipinski definition) is 4. The van der Waals surface area contributed by atoms with Crippen LogP contribution in [0.4, 0.5) is 11.4 Å². The number of anilines is 2. The van der Waals surface area contributed by atoms with Crippen LogP contribution in [0.1, 0.15) is 12.8 Å². The Balaban J connectivity index is 1.89. The van der Waals surface area contributed by atoms with E-state index in [0.29, 0.717) is 18.8 Å². The Morgan fingerprint density at radius 3 is 2.35 bits per heavy atom. The molecule has 0 spiro atoms. The minimum absolute atomic E-state index is 0.292. The van der Waals surface area contributed by atoms with Crippen molar-refractivity contribution in [1.29, 1.82) is 0 Å².